The molecule has 0 radical (unpaired) electrons. The van der Waals surface area contributed by atoms with Crippen LogP contribution in [-0.4, -0.2) is 58.8 Å². The smallest absolute Gasteiger partial charge is 0.407 e. The van der Waals surface area contributed by atoms with Crippen molar-refractivity contribution in [3.05, 3.63) is 5.82 Å². The van der Waals surface area contributed by atoms with Gasteiger partial charge in [-0.2, -0.15) is 0 Å². The zero-order valence-corrected chi connectivity index (χ0v) is 15.6. The third-order valence-corrected chi connectivity index (χ3v) is 4.65. The van der Waals surface area contributed by atoms with Crippen molar-refractivity contribution in [3.8, 4) is 0 Å². The number of rotatable bonds is 3. The van der Waals surface area contributed by atoms with Crippen molar-refractivity contribution in [1.29, 1.82) is 0 Å². The average Bonchev–Trinajstić information content (AvgIpc) is 2.96. The van der Waals surface area contributed by atoms with Gasteiger partial charge in [-0.15, -0.1) is 10.2 Å². The highest BCUT2D eigenvalue weighted by Crippen LogP contribution is 2.24. The Morgan fingerprint density at radius 2 is 2.04 bits per heavy atom. The first-order valence-corrected chi connectivity index (χ1v) is 9.05. The van der Waals surface area contributed by atoms with E-state index in [0.717, 1.165) is 57.1 Å². The van der Waals surface area contributed by atoms with Gasteiger partial charge in [-0.3, -0.25) is 4.57 Å². The van der Waals surface area contributed by atoms with Crippen LogP contribution in [0.4, 0.5) is 10.7 Å². The van der Waals surface area contributed by atoms with Crippen LogP contribution in [0.15, 0.2) is 0 Å². The van der Waals surface area contributed by atoms with Crippen molar-refractivity contribution < 1.29 is 14.3 Å². The minimum absolute atomic E-state index is 0.0619. The van der Waals surface area contributed by atoms with E-state index in [4.69, 9.17) is 9.47 Å². The Morgan fingerprint density at radius 1 is 1.24 bits per heavy atom. The highest BCUT2D eigenvalue weighted by Gasteiger charge is 2.29. The third-order valence-electron chi connectivity index (χ3n) is 4.65. The molecule has 2 atom stereocenters. The Hall–Kier alpha value is -1.83. The molecule has 0 aliphatic carbocycles. The van der Waals surface area contributed by atoms with Crippen LogP contribution in [0.25, 0.3) is 0 Å². The number of ether oxygens (including phenoxy) is 2. The number of nitrogens with one attached hydrogen (secondary N) is 1. The second-order valence-corrected chi connectivity index (χ2v) is 7.85. The van der Waals surface area contributed by atoms with Crippen LogP contribution in [0.1, 0.15) is 45.9 Å². The normalized spacial score (nSPS) is 23.9. The summed E-state index contributed by atoms with van der Waals surface area (Å²) in [6.07, 6.45) is 3.60. The number of carbonyl (C=O) groups excluding carboxylic acids is 1. The number of methoxy groups -OCH3 is 1. The molecule has 3 rings (SSSR count). The van der Waals surface area contributed by atoms with Gasteiger partial charge in [0.05, 0.1) is 6.10 Å². The number of alkyl carbamates (subject to hydrolysis) is 1. The Labute approximate surface area is 148 Å². The highest BCUT2D eigenvalue weighted by molar-refractivity contribution is 5.68. The summed E-state index contributed by atoms with van der Waals surface area (Å²) in [7, 11) is 1.75. The standard InChI is InChI=1S/C17H29N5O3/c1-17(2,3)25-16(23)18-12-6-5-8-21(11-12)15-20-19-14-10-13(24-4)7-9-22(14)15/h12-13H,5-11H2,1-4H3,(H,18,23). The molecule has 1 saturated heterocycles. The van der Waals surface area contributed by atoms with Gasteiger partial charge in [-0.25, -0.2) is 4.79 Å². The molecule has 2 unspecified atom stereocenters. The fourth-order valence-corrected chi connectivity index (χ4v) is 3.47. The lowest BCUT2D eigenvalue weighted by Crippen LogP contribution is -2.49. The zero-order valence-electron chi connectivity index (χ0n) is 15.6. The monoisotopic (exact) mass is 351 g/mol. The van der Waals surface area contributed by atoms with E-state index in [2.05, 4.69) is 25.0 Å². The van der Waals surface area contributed by atoms with Crippen LogP contribution in [0.2, 0.25) is 0 Å². The number of nitrogens with zero attached hydrogens (tertiary/aromatic N) is 4. The molecule has 8 heteroatoms. The summed E-state index contributed by atoms with van der Waals surface area (Å²) in [5, 5.41) is 11.7. The summed E-state index contributed by atoms with van der Waals surface area (Å²) in [6.45, 7) is 8.14. The van der Waals surface area contributed by atoms with Crippen LogP contribution in [-0.2, 0) is 22.4 Å². The number of fused-ring (bicyclic) bond motifs is 1. The first-order chi connectivity index (χ1) is 11.9. The molecular weight excluding hydrogens is 322 g/mol. The van der Waals surface area contributed by atoms with E-state index in [1.54, 1.807) is 7.11 Å². The molecule has 140 valence electrons. The molecular formula is C17H29N5O3. The summed E-state index contributed by atoms with van der Waals surface area (Å²) < 4.78 is 13.0. The van der Waals surface area contributed by atoms with Gasteiger partial charge in [0.1, 0.15) is 11.4 Å². The molecule has 1 aromatic heterocycles. The van der Waals surface area contributed by atoms with E-state index in [0.29, 0.717) is 0 Å². The molecule has 2 aliphatic rings. The maximum atomic E-state index is 12.0. The SMILES string of the molecule is COC1CCn2c(nnc2N2CCCC(NC(=O)OC(C)(C)C)C2)C1. The predicted molar refractivity (Wildman–Crippen MR) is 93.7 cm³/mol. The number of aromatic nitrogens is 3. The summed E-state index contributed by atoms with van der Waals surface area (Å²) >= 11 is 0. The highest BCUT2D eigenvalue weighted by atomic mass is 16.6. The fourth-order valence-electron chi connectivity index (χ4n) is 3.47. The molecule has 1 fully saturated rings. The first-order valence-electron chi connectivity index (χ1n) is 9.05. The largest absolute Gasteiger partial charge is 0.444 e. The zero-order chi connectivity index (χ0) is 18.0. The Balaban J connectivity index is 1.63. The van der Waals surface area contributed by atoms with Crippen molar-refractivity contribution in [2.45, 2.75) is 70.7 Å². The summed E-state index contributed by atoms with van der Waals surface area (Å²) in [6, 6.07) is 0.0619. The van der Waals surface area contributed by atoms with Gasteiger partial charge in [-0.05, 0) is 40.0 Å². The van der Waals surface area contributed by atoms with Gasteiger partial charge in [0.15, 0.2) is 0 Å². The van der Waals surface area contributed by atoms with Crippen LogP contribution in [0, 0.1) is 0 Å². The van der Waals surface area contributed by atoms with Gasteiger partial charge in [0.2, 0.25) is 5.95 Å². The van der Waals surface area contributed by atoms with Crippen molar-refractivity contribution in [2.75, 3.05) is 25.1 Å². The minimum Gasteiger partial charge on any atom is -0.444 e. The number of hydrogen-bond acceptors (Lipinski definition) is 6. The van der Waals surface area contributed by atoms with E-state index >= 15 is 0 Å². The topological polar surface area (TPSA) is 81.5 Å². The van der Waals surface area contributed by atoms with Gasteiger partial charge in [0.25, 0.3) is 0 Å². The fraction of sp³-hybridized carbons (Fsp3) is 0.824. The molecule has 0 spiro atoms. The van der Waals surface area contributed by atoms with Crippen LogP contribution < -0.4 is 10.2 Å². The van der Waals surface area contributed by atoms with Gasteiger partial charge in [0, 0.05) is 39.2 Å². The molecule has 25 heavy (non-hydrogen) atoms. The van der Waals surface area contributed by atoms with E-state index in [-0.39, 0.29) is 18.2 Å². The molecule has 1 N–H and O–H groups in total. The Kier molecular flexibility index (Phi) is 5.17. The van der Waals surface area contributed by atoms with Gasteiger partial charge >= 0.3 is 6.09 Å². The quantitative estimate of drug-likeness (QED) is 0.893. The minimum atomic E-state index is -0.484. The molecule has 3 heterocycles. The van der Waals surface area contributed by atoms with Gasteiger partial charge < -0.3 is 19.7 Å². The van der Waals surface area contributed by atoms with Crippen LogP contribution in [0.5, 0.6) is 0 Å². The lowest BCUT2D eigenvalue weighted by Gasteiger charge is -2.34. The summed E-state index contributed by atoms with van der Waals surface area (Å²) in [5.74, 6) is 1.88. The van der Waals surface area contributed by atoms with E-state index in [1.165, 1.54) is 0 Å². The summed E-state index contributed by atoms with van der Waals surface area (Å²) in [4.78, 5) is 14.2. The van der Waals surface area contributed by atoms with Crippen LogP contribution in [0.3, 0.4) is 0 Å². The molecule has 0 aromatic carbocycles. The van der Waals surface area contributed by atoms with E-state index in [1.807, 2.05) is 20.8 Å². The third kappa shape index (κ3) is 4.42. The van der Waals surface area contributed by atoms with Crippen molar-refractivity contribution in [1.82, 2.24) is 20.1 Å². The van der Waals surface area contributed by atoms with Gasteiger partial charge in [-0.1, -0.05) is 0 Å². The van der Waals surface area contributed by atoms with Crippen molar-refractivity contribution in [2.24, 2.45) is 0 Å². The predicted octanol–water partition coefficient (Wildman–Crippen LogP) is 1.73. The molecule has 2 aliphatic heterocycles. The van der Waals surface area contributed by atoms with E-state index < -0.39 is 5.60 Å². The maximum Gasteiger partial charge on any atom is 0.407 e. The Bertz CT molecular complexity index is 610. The average molecular weight is 351 g/mol. The Morgan fingerprint density at radius 3 is 2.76 bits per heavy atom. The first kappa shape index (κ1) is 18.0. The number of piperidine rings is 1. The van der Waals surface area contributed by atoms with E-state index in [9.17, 15) is 4.79 Å². The lowest BCUT2D eigenvalue weighted by atomic mass is 10.1. The number of amides is 1. The second-order valence-electron chi connectivity index (χ2n) is 7.85. The molecule has 1 amide bonds. The summed E-state index contributed by atoms with van der Waals surface area (Å²) in [5.41, 5.74) is -0.484. The van der Waals surface area contributed by atoms with Crippen LogP contribution >= 0.6 is 0 Å². The molecule has 8 nitrogen and oxygen atoms in total. The molecule has 0 saturated carbocycles. The van der Waals surface area contributed by atoms with Crippen molar-refractivity contribution in [3.63, 3.8) is 0 Å². The lowest BCUT2D eigenvalue weighted by molar-refractivity contribution is 0.0499. The number of anilines is 1. The molecule has 1 aromatic rings. The second kappa shape index (κ2) is 7.19. The molecule has 0 bridgehead atoms. The maximum absolute atomic E-state index is 12.0. The van der Waals surface area contributed by atoms with Crippen molar-refractivity contribution >= 4 is 12.0 Å². The number of hydrogen-bond donors (Lipinski definition) is 1. The number of carbonyl (C=O) groups is 1.